The number of nitrogens with zero attached hydrogens (tertiary/aromatic N) is 2. The highest BCUT2D eigenvalue weighted by Crippen LogP contribution is 2.28. The molecular weight excluding hydrogens is 206 g/mol. The van der Waals surface area contributed by atoms with E-state index in [1.807, 2.05) is 6.92 Å². The minimum atomic E-state index is 0.117. The standard InChI is InChI=1S/C11H19N3O2/c1-4-12-8(3)10-13-14-11(16-10)9-5-7(2)15-6-9/h7-9,12H,4-6H2,1-3H3. The van der Waals surface area contributed by atoms with Crippen LogP contribution in [0.1, 0.15) is 50.9 Å². The smallest absolute Gasteiger partial charge is 0.233 e. The van der Waals surface area contributed by atoms with Crippen molar-refractivity contribution >= 4 is 0 Å². The lowest BCUT2D eigenvalue weighted by molar-refractivity contribution is 0.122. The molecule has 2 rings (SSSR count). The summed E-state index contributed by atoms with van der Waals surface area (Å²) >= 11 is 0. The highest BCUT2D eigenvalue weighted by Gasteiger charge is 2.28. The van der Waals surface area contributed by atoms with Crippen LogP contribution in [0, 0.1) is 0 Å². The van der Waals surface area contributed by atoms with Crippen LogP contribution < -0.4 is 5.32 Å². The van der Waals surface area contributed by atoms with Crippen molar-refractivity contribution in [2.45, 2.75) is 45.3 Å². The molecule has 0 spiro atoms. The zero-order chi connectivity index (χ0) is 11.5. The molecule has 1 aromatic rings. The summed E-state index contributed by atoms with van der Waals surface area (Å²) in [5.74, 6) is 1.64. The van der Waals surface area contributed by atoms with E-state index in [9.17, 15) is 0 Å². The molecule has 0 saturated carbocycles. The van der Waals surface area contributed by atoms with Gasteiger partial charge in [-0.1, -0.05) is 6.92 Å². The van der Waals surface area contributed by atoms with Crippen LogP contribution in [-0.2, 0) is 4.74 Å². The van der Waals surface area contributed by atoms with Gasteiger partial charge in [-0.3, -0.25) is 0 Å². The topological polar surface area (TPSA) is 60.2 Å². The fraction of sp³-hybridized carbons (Fsp3) is 0.818. The quantitative estimate of drug-likeness (QED) is 0.844. The van der Waals surface area contributed by atoms with E-state index in [1.165, 1.54) is 0 Å². The normalized spacial score (nSPS) is 27.2. The van der Waals surface area contributed by atoms with Crippen LogP contribution >= 0.6 is 0 Å². The first-order chi connectivity index (χ1) is 7.70. The van der Waals surface area contributed by atoms with Gasteiger partial charge < -0.3 is 14.5 Å². The molecule has 0 bridgehead atoms. The zero-order valence-electron chi connectivity index (χ0n) is 10.1. The first-order valence-electron chi connectivity index (χ1n) is 5.89. The van der Waals surface area contributed by atoms with Gasteiger partial charge in [0.15, 0.2) is 0 Å². The van der Waals surface area contributed by atoms with Gasteiger partial charge in [0.2, 0.25) is 11.8 Å². The van der Waals surface area contributed by atoms with Crippen molar-refractivity contribution in [3.63, 3.8) is 0 Å². The Hall–Kier alpha value is -0.940. The van der Waals surface area contributed by atoms with Crippen LogP contribution in [-0.4, -0.2) is 29.5 Å². The average Bonchev–Trinajstić information content (AvgIpc) is 2.85. The molecule has 1 fully saturated rings. The molecule has 0 aliphatic carbocycles. The van der Waals surface area contributed by atoms with Crippen LogP contribution in [0.5, 0.6) is 0 Å². The third-order valence-electron chi connectivity index (χ3n) is 2.88. The minimum Gasteiger partial charge on any atom is -0.423 e. The van der Waals surface area contributed by atoms with Crippen LogP contribution in [0.4, 0.5) is 0 Å². The second-order valence-electron chi connectivity index (χ2n) is 4.33. The molecule has 1 aliphatic rings. The van der Waals surface area contributed by atoms with E-state index in [2.05, 4.69) is 29.4 Å². The predicted molar refractivity (Wildman–Crippen MR) is 59.2 cm³/mol. The summed E-state index contributed by atoms with van der Waals surface area (Å²) in [6.45, 7) is 7.73. The molecule has 90 valence electrons. The van der Waals surface area contributed by atoms with E-state index in [1.54, 1.807) is 0 Å². The average molecular weight is 225 g/mol. The third-order valence-corrected chi connectivity index (χ3v) is 2.88. The maximum absolute atomic E-state index is 5.67. The van der Waals surface area contributed by atoms with Crippen LogP contribution in [0.2, 0.25) is 0 Å². The Balaban J connectivity index is 2.01. The molecule has 2 heterocycles. The second kappa shape index (κ2) is 4.93. The second-order valence-corrected chi connectivity index (χ2v) is 4.33. The molecular formula is C11H19N3O2. The zero-order valence-corrected chi connectivity index (χ0v) is 10.1. The van der Waals surface area contributed by atoms with E-state index in [4.69, 9.17) is 9.15 Å². The molecule has 1 aromatic heterocycles. The summed E-state index contributed by atoms with van der Waals surface area (Å²) in [7, 11) is 0. The lowest BCUT2D eigenvalue weighted by Gasteiger charge is -2.06. The van der Waals surface area contributed by atoms with E-state index in [0.29, 0.717) is 24.5 Å². The van der Waals surface area contributed by atoms with Gasteiger partial charge in [0.25, 0.3) is 0 Å². The number of hydrogen-bond acceptors (Lipinski definition) is 5. The van der Waals surface area contributed by atoms with E-state index >= 15 is 0 Å². The minimum absolute atomic E-state index is 0.117. The van der Waals surface area contributed by atoms with Gasteiger partial charge in [-0.25, -0.2) is 0 Å². The summed E-state index contributed by atoms with van der Waals surface area (Å²) < 4.78 is 11.2. The van der Waals surface area contributed by atoms with Crippen molar-refractivity contribution in [2.24, 2.45) is 0 Å². The van der Waals surface area contributed by atoms with Gasteiger partial charge in [-0.15, -0.1) is 10.2 Å². The van der Waals surface area contributed by atoms with Crippen LogP contribution in [0.25, 0.3) is 0 Å². The monoisotopic (exact) mass is 225 g/mol. The maximum Gasteiger partial charge on any atom is 0.233 e. The fourth-order valence-corrected chi connectivity index (χ4v) is 1.97. The van der Waals surface area contributed by atoms with Gasteiger partial charge in [-0.05, 0) is 26.8 Å². The lowest BCUT2D eigenvalue weighted by atomic mass is 10.1. The Bertz CT molecular complexity index is 340. The van der Waals surface area contributed by atoms with Crippen molar-refractivity contribution in [1.82, 2.24) is 15.5 Å². The van der Waals surface area contributed by atoms with Crippen molar-refractivity contribution < 1.29 is 9.15 Å². The predicted octanol–water partition coefficient (Wildman–Crippen LogP) is 1.63. The summed E-state index contributed by atoms with van der Waals surface area (Å²) in [6.07, 6.45) is 1.27. The first-order valence-corrected chi connectivity index (χ1v) is 5.89. The summed E-state index contributed by atoms with van der Waals surface area (Å²) in [6, 6.07) is 0.117. The van der Waals surface area contributed by atoms with Crippen molar-refractivity contribution in [3.8, 4) is 0 Å². The Kier molecular flexibility index (Phi) is 3.56. The number of ether oxygens (including phenoxy) is 1. The van der Waals surface area contributed by atoms with Crippen molar-refractivity contribution in [1.29, 1.82) is 0 Å². The Morgan fingerprint density at radius 2 is 2.31 bits per heavy atom. The van der Waals surface area contributed by atoms with Crippen molar-refractivity contribution in [2.75, 3.05) is 13.2 Å². The fourth-order valence-electron chi connectivity index (χ4n) is 1.97. The molecule has 0 radical (unpaired) electrons. The van der Waals surface area contributed by atoms with Gasteiger partial charge in [0.1, 0.15) is 0 Å². The molecule has 0 aromatic carbocycles. The molecule has 16 heavy (non-hydrogen) atoms. The number of nitrogens with one attached hydrogen (secondary N) is 1. The van der Waals surface area contributed by atoms with E-state index < -0.39 is 0 Å². The van der Waals surface area contributed by atoms with Gasteiger partial charge in [0, 0.05) is 0 Å². The summed E-state index contributed by atoms with van der Waals surface area (Å²) in [5, 5.41) is 11.4. The summed E-state index contributed by atoms with van der Waals surface area (Å²) in [5.41, 5.74) is 0. The molecule has 1 aliphatic heterocycles. The Labute approximate surface area is 95.6 Å². The molecule has 3 unspecified atom stereocenters. The molecule has 5 nitrogen and oxygen atoms in total. The number of aromatic nitrogens is 2. The highest BCUT2D eigenvalue weighted by atomic mass is 16.5. The molecule has 3 atom stereocenters. The van der Waals surface area contributed by atoms with Gasteiger partial charge in [-0.2, -0.15) is 0 Å². The highest BCUT2D eigenvalue weighted by molar-refractivity contribution is 4.97. The van der Waals surface area contributed by atoms with Crippen LogP contribution in [0.15, 0.2) is 4.42 Å². The first kappa shape index (κ1) is 11.5. The summed E-state index contributed by atoms with van der Waals surface area (Å²) in [4.78, 5) is 0. The van der Waals surface area contributed by atoms with E-state index in [-0.39, 0.29) is 12.0 Å². The lowest BCUT2D eigenvalue weighted by Crippen LogP contribution is -2.17. The molecule has 0 amide bonds. The number of hydrogen-bond donors (Lipinski definition) is 1. The largest absolute Gasteiger partial charge is 0.423 e. The molecule has 5 heteroatoms. The SMILES string of the molecule is CCNC(C)c1nnc(C2COC(C)C2)o1. The van der Waals surface area contributed by atoms with Crippen LogP contribution in [0.3, 0.4) is 0 Å². The Morgan fingerprint density at radius 1 is 1.50 bits per heavy atom. The number of rotatable bonds is 4. The molecule has 1 N–H and O–H groups in total. The van der Waals surface area contributed by atoms with Crippen molar-refractivity contribution in [3.05, 3.63) is 11.8 Å². The van der Waals surface area contributed by atoms with Gasteiger partial charge >= 0.3 is 0 Å². The van der Waals surface area contributed by atoms with E-state index in [0.717, 1.165) is 13.0 Å². The maximum atomic E-state index is 5.67. The van der Waals surface area contributed by atoms with Gasteiger partial charge in [0.05, 0.1) is 24.7 Å². The Morgan fingerprint density at radius 3 is 2.94 bits per heavy atom. The molecule has 1 saturated heterocycles. The third kappa shape index (κ3) is 2.41.